The molecule has 1 atom stereocenters. The second-order valence-electron chi connectivity index (χ2n) is 15.2. The number of benzene rings is 6. The van der Waals surface area contributed by atoms with Gasteiger partial charge in [0.15, 0.2) is 0 Å². The molecule has 0 fully saturated rings. The molecule has 0 amide bonds. The number of hydrogen-bond donors (Lipinski definition) is 3. The van der Waals surface area contributed by atoms with Gasteiger partial charge in [0.05, 0.1) is 45.0 Å². The highest BCUT2D eigenvalue weighted by molar-refractivity contribution is 6.24. The van der Waals surface area contributed by atoms with Gasteiger partial charge in [-0.15, -0.1) is 0 Å². The van der Waals surface area contributed by atoms with E-state index < -0.39 is 0 Å². The third-order valence-electron chi connectivity index (χ3n) is 12.0. The van der Waals surface area contributed by atoms with Gasteiger partial charge in [-0.3, -0.25) is 10.1 Å². The highest BCUT2D eigenvalue weighted by Crippen LogP contribution is 2.43. The number of rotatable bonds is 7. The standard InChI is InChI=1S/C52H42N6/c1-2-36(33-54-58-49-25-13-8-18-40(49)41-19-9-14-26-50(41)58)56-47-23-11-6-20-42(47)44-27-28-45-43-21-7-12-24-48(43)57(52(45)51(44)56)37(29-30-53)32-35-31-34-15-3-4-16-38(34)39-17-5-10-22-46(39)55-35/h2-8,10-18,20-30,32-33,35,54-55H,1,9,19,31,53H2/b30-29-,36-33+,37-32+. The third-order valence-corrected chi connectivity index (χ3v) is 12.0. The van der Waals surface area contributed by atoms with E-state index in [1.54, 1.807) is 6.20 Å². The maximum absolute atomic E-state index is 6.36. The Balaban J connectivity index is 1.16. The van der Waals surface area contributed by atoms with Crippen LogP contribution in [0, 0.1) is 0 Å². The number of anilines is 1. The minimum absolute atomic E-state index is 0.0125. The Morgan fingerprint density at radius 2 is 1.29 bits per heavy atom. The summed E-state index contributed by atoms with van der Waals surface area (Å²) in [4.78, 5) is 0. The zero-order valence-electron chi connectivity index (χ0n) is 32.1. The number of para-hydroxylation sites is 4. The van der Waals surface area contributed by atoms with Gasteiger partial charge in [0.1, 0.15) is 0 Å². The Morgan fingerprint density at radius 3 is 2.02 bits per heavy atom. The number of nitrogens with two attached hydrogens (primary N) is 1. The number of aryl methyl sites for hydroxylation is 1. The first-order valence-corrected chi connectivity index (χ1v) is 20.1. The van der Waals surface area contributed by atoms with Crippen LogP contribution in [0.15, 0.2) is 177 Å². The van der Waals surface area contributed by atoms with E-state index in [-0.39, 0.29) is 6.04 Å². The predicted octanol–water partition coefficient (Wildman–Crippen LogP) is 12.1. The summed E-state index contributed by atoms with van der Waals surface area (Å²) in [5.41, 5.74) is 25.1. The molecule has 0 saturated carbocycles. The van der Waals surface area contributed by atoms with E-state index in [0.29, 0.717) is 0 Å². The molecule has 0 spiro atoms. The van der Waals surface area contributed by atoms with Crippen LogP contribution in [-0.2, 0) is 12.8 Å². The summed E-state index contributed by atoms with van der Waals surface area (Å²) >= 11 is 0. The molecule has 2 aliphatic rings. The van der Waals surface area contributed by atoms with Crippen LogP contribution in [0.1, 0.15) is 23.2 Å². The Morgan fingerprint density at radius 1 is 0.672 bits per heavy atom. The monoisotopic (exact) mass is 750 g/mol. The lowest BCUT2D eigenvalue weighted by molar-refractivity contribution is 0.871. The molecule has 6 heteroatoms. The van der Waals surface area contributed by atoms with Crippen molar-refractivity contribution < 1.29 is 0 Å². The van der Waals surface area contributed by atoms with E-state index in [0.717, 1.165) is 69.3 Å². The van der Waals surface area contributed by atoms with Crippen molar-refractivity contribution in [3.63, 3.8) is 0 Å². The normalized spacial score (nSPS) is 15.6. The third kappa shape index (κ3) is 5.18. The van der Waals surface area contributed by atoms with Crippen molar-refractivity contribution in [3.05, 3.63) is 194 Å². The van der Waals surface area contributed by atoms with Gasteiger partial charge < -0.3 is 20.2 Å². The van der Waals surface area contributed by atoms with E-state index >= 15 is 0 Å². The number of fused-ring (bicyclic) bond motifs is 13. The van der Waals surface area contributed by atoms with Gasteiger partial charge in [0.2, 0.25) is 0 Å². The van der Waals surface area contributed by atoms with Crippen molar-refractivity contribution in [1.82, 2.24) is 13.8 Å². The van der Waals surface area contributed by atoms with Crippen molar-refractivity contribution in [3.8, 4) is 11.1 Å². The molecule has 4 heterocycles. The van der Waals surface area contributed by atoms with Gasteiger partial charge in [0.25, 0.3) is 0 Å². The summed E-state index contributed by atoms with van der Waals surface area (Å²) in [7, 11) is 0. The lowest BCUT2D eigenvalue weighted by Crippen LogP contribution is -2.19. The Kier molecular flexibility index (Phi) is 7.96. The van der Waals surface area contributed by atoms with E-state index in [9.17, 15) is 0 Å². The zero-order valence-corrected chi connectivity index (χ0v) is 32.1. The molecule has 9 aromatic rings. The molecule has 0 bridgehead atoms. The van der Waals surface area contributed by atoms with Crippen molar-refractivity contribution in [2.45, 2.75) is 25.3 Å². The number of nitrogens with zero attached hydrogens (tertiary/aromatic N) is 3. The van der Waals surface area contributed by atoms with Gasteiger partial charge in [-0.1, -0.05) is 122 Å². The Bertz CT molecular complexity index is 3200. The fraction of sp³-hybridized carbons (Fsp3) is 0.0769. The topological polar surface area (TPSA) is 64.9 Å². The van der Waals surface area contributed by atoms with Crippen molar-refractivity contribution in [2.75, 3.05) is 10.7 Å². The van der Waals surface area contributed by atoms with Crippen LogP contribution in [0.3, 0.4) is 0 Å². The fourth-order valence-electron chi connectivity index (χ4n) is 9.61. The van der Waals surface area contributed by atoms with Crippen LogP contribution in [0.2, 0.25) is 0 Å². The molecule has 280 valence electrons. The second kappa shape index (κ2) is 13.6. The van der Waals surface area contributed by atoms with Crippen LogP contribution in [-0.4, -0.2) is 19.9 Å². The molecule has 0 radical (unpaired) electrons. The van der Waals surface area contributed by atoms with Gasteiger partial charge in [0, 0.05) is 50.1 Å². The highest BCUT2D eigenvalue weighted by atomic mass is 15.4. The first kappa shape index (κ1) is 33.9. The van der Waals surface area contributed by atoms with E-state index in [1.165, 1.54) is 49.5 Å². The number of hydrogen-bond acceptors (Lipinski definition) is 3. The maximum Gasteiger partial charge on any atom is 0.0789 e. The van der Waals surface area contributed by atoms with Crippen molar-refractivity contribution in [1.29, 1.82) is 0 Å². The van der Waals surface area contributed by atoms with Crippen LogP contribution in [0.4, 0.5) is 5.69 Å². The van der Waals surface area contributed by atoms with Gasteiger partial charge in [-0.05, 0) is 90.7 Å². The average molecular weight is 751 g/mol. The van der Waals surface area contributed by atoms with Gasteiger partial charge in [-0.25, -0.2) is 0 Å². The molecular weight excluding hydrogens is 709 g/mol. The molecule has 1 unspecified atom stereocenters. The summed E-state index contributed by atoms with van der Waals surface area (Å²) in [6, 6.07) is 48.0. The Labute approximate surface area is 336 Å². The molecule has 3 aromatic heterocycles. The lowest BCUT2D eigenvalue weighted by atomic mass is 9.96. The zero-order chi connectivity index (χ0) is 38.7. The number of allylic oxidation sites excluding steroid dienone is 5. The molecule has 0 saturated heterocycles. The summed E-state index contributed by atoms with van der Waals surface area (Å²) in [6.07, 6.45) is 17.5. The molecule has 1 aliphatic heterocycles. The van der Waals surface area contributed by atoms with E-state index in [2.05, 4.69) is 189 Å². The molecule has 4 N–H and O–H groups in total. The van der Waals surface area contributed by atoms with E-state index in [4.69, 9.17) is 5.73 Å². The first-order chi connectivity index (χ1) is 28.7. The highest BCUT2D eigenvalue weighted by Gasteiger charge is 2.24. The van der Waals surface area contributed by atoms with Crippen LogP contribution in [0.25, 0.3) is 83.1 Å². The molecule has 6 nitrogen and oxygen atoms in total. The SMILES string of the molecule is C=C/C(=C\Nn1c2c(c3ccccc31)CCC=C2)n1c2ccccc2c2ccc3c4ccccc4n(C(/C=C\N)=C/C4Cc5ccccc5-c5ccccc5N4)c3c21. The summed E-state index contributed by atoms with van der Waals surface area (Å²) in [6.45, 7) is 4.41. The predicted molar refractivity (Wildman–Crippen MR) is 246 cm³/mol. The second-order valence-corrected chi connectivity index (χ2v) is 15.2. The average Bonchev–Trinajstić information content (AvgIpc) is 3.86. The minimum atomic E-state index is -0.0125. The maximum atomic E-state index is 6.36. The van der Waals surface area contributed by atoms with Crippen LogP contribution >= 0.6 is 0 Å². The van der Waals surface area contributed by atoms with Gasteiger partial charge in [-0.2, -0.15) is 0 Å². The smallest absolute Gasteiger partial charge is 0.0789 e. The first-order valence-electron chi connectivity index (χ1n) is 20.1. The minimum Gasteiger partial charge on any atom is -0.405 e. The van der Waals surface area contributed by atoms with Crippen LogP contribution in [0.5, 0.6) is 0 Å². The number of nitrogens with one attached hydrogen (secondary N) is 2. The molecular formula is C52H42N6. The molecule has 11 rings (SSSR count). The molecule has 6 aromatic carbocycles. The quantitative estimate of drug-likeness (QED) is 0.142. The largest absolute Gasteiger partial charge is 0.405 e. The summed E-state index contributed by atoms with van der Waals surface area (Å²) in [5.74, 6) is 0. The van der Waals surface area contributed by atoms with Gasteiger partial charge >= 0.3 is 0 Å². The van der Waals surface area contributed by atoms with Crippen LogP contribution < -0.4 is 16.5 Å². The Hall–Kier alpha value is -7.44. The van der Waals surface area contributed by atoms with Crippen molar-refractivity contribution >= 4 is 77.7 Å². The van der Waals surface area contributed by atoms with Crippen molar-refractivity contribution in [2.24, 2.45) is 5.73 Å². The molecule has 1 aliphatic carbocycles. The number of aromatic nitrogens is 3. The molecule has 58 heavy (non-hydrogen) atoms. The summed E-state index contributed by atoms with van der Waals surface area (Å²) in [5, 5.41) is 9.88. The fourth-order valence-corrected chi connectivity index (χ4v) is 9.61. The lowest BCUT2D eigenvalue weighted by Gasteiger charge is -2.19. The summed E-state index contributed by atoms with van der Waals surface area (Å²) < 4.78 is 6.99. The van der Waals surface area contributed by atoms with E-state index in [1.807, 2.05) is 12.2 Å².